The molecule has 0 saturated carbocycles. The second kappa shape index (κ2) is 12.1. The normalized spacial score (nSPS) is 12.5. The van der Waals surface area contributed by atoms with E-state index < -0.39 is 11.7 Å². The van der Waals surface area contributed by atoms with Gasteiger partial charge in [-0.25, -0.2) is 4.79 Å². The molecule has 0 saturated heterocycles. The van der Waals surface area contributed by atoms with Crippen LogP contribution in [0.4, 0.5) is 10.5 Å². The fraction of sp³-hybridized carbons (Fsp3) is 0.429. The Morgan fingerprint density at radius 3 is 2.54 bits per heavy atom. The predicted molar refractivity (Wildman–Crippen MR) is 141 cm³/mol. The molecule has 0 bridgehead atoms. The van der Waals surface area contributed by atoms with Gasteiger partial charge in [0.2, 0.25) is 6.79 Å². The van der Waals surface area contributed by atoms with Crippen molar-refractivity contribution in [3.63, 3.8) is 0 Å². The molecule has 4 rings (SSSR count). The van der Waals surface area contributed by atoms with Gasteiger partial charge >= 0.3 is 6.09 Å². The second-order valence-electron chi connectivity index (χ2n) is 9.61. The number of hydrogen-bond acceptors (Lipinski definition) is 8. The molecule has 1 N–H and O–H groups in total. The van der Waals surface area contributed by atoms with Crippen molar-refractivity contribution >= 4 is 11.8 Å². The summed E-state index contributed by atoms with van der Waals surface area (Å²) in [5, 5.41) is 7.98. The molecule has 9 nitrogen and oxygen atoms in total. The zero-order valence-corrected chi connectivity index (χ0v) is 21.9. The van der Waals surface area contributed by atoms with Crippen LogP contribution in [-0.4, -0.2) is 61.2 Å². The van der Waals surface area contributed by atoms with Gasteiger partial charge in [0.1, 0.15) is 5.60 Å². The lowest BCUT2D eigenvalue weighted by molar-refractivity contribution is 0.0518. The van der Waals surface area contributed by atoms with Crippen molar-refractivity contribution in [1.82, 2.24) is 9.78 Å². The van der Waals surface area contributed by atoms with Crippen LogP contribution in [0.1, 0.15) is 34.1 Å². The Hall–Kier alpha value is -3.56. The van der Waals surface area contributed by atoms with Crippen LogP contribution in [0.3, 0.4) is 0 Å². The Kier molecular flexibility index (Phi) is 8.68. The summed E-state index contributed by atoms with van der Waals surface area (Å²) in [5.74, 6) is 1.34. The van der Waals surface area contributed by atoms with Gasteiger partial charge in [-0.2, -0.15) is 9.78 Å². The van der Waals surface area contributed by atoms with E-state index in [0.29, 0.717) is 49.3 Å². The molecule has 37 heavy (non-hydrogen) atoms. The molecular formula is C28H35N3O6. The van der Waals surface area contributed by atoms with Crippen LogP contribution in [-0.2, 0) is 14.2 Å². The van der Waals surface area contributed by atoms with E-state index in [1.54, 1.807) is 0 Å². The lowest BCUT2D eigenvalue weighted by Crippen LogP contribution is -2.28. The Morgan fingerprint density at radius 2 is 1.76 bits per heavy atom. The van der Waals surface area contributed by atoms with Gasteiger partial charge in [0.05, 0.1) is 31.2 Å². The van der Waals surface area contributed by atoms with Crippen molar-refractivity contribution < 1.29 is 28.5 Å². The summed E-state index contributed by atoms with van der Waals surface area (Å²) < 4.78 is 28.9. The molecule has 9 heteroatoms. The van der Waals surface area contributed by atoms with Crippen LogP contribution in [0.2, 0.25) is 0 Å². The summed E-state index contributed by atoms with van der Waals surface area (Å²) in [6.07, 6.45) is 0.453. The highest BCUT2D eigenvalue weighted by Gasteiger charge is 2.24. The molecule has 2 heterocycles. The van der Waals surface area contributed by atoms with Crippen molar-refractivity contribution in [2.24, 2.45) is 0 Å². The van der Waals surface area contributed by atoms with E-state index in [9.17, 15) is 4.79 Å². The van der Waals surface area contributed by atoms with E-state index in [1.165, 1.54) is 4.68 Å². The van der Waals surface area contributed by atoms with Gasteiger partial charge in [-0.15, -0.1) is 0 Å². The Balaban J connectivity index is 1.52. The number of nitrogens with zero attached hydrogens (tertiary/aromatic N) is 2. The van der Waals surface area contributed by atoms with E-state index in [1.807, 2.05) is 69.3 Å². The molecule has 3 aromatic rings. The van der Waals surface area contributed by atoms with Crippen molar-refractivity contribution in [3.05, 3.63) is 48.5 Å². The number of benzene rings is 2. The first kappa shape index (κ1) is 26.5. The molecule has 0 spiro atoms. The number of carbonyl (C=O) groups excluding carboxylic acids is 1. The average molecular weight is 510 g/mol. The van der Waals surface area contributed by atoms with Crippen LogP contribution in [0.15, 0.2) is 48.5 Å². The third-order valence-electron chi connectivity index (χ3n) is 5.40. The minimum absolute atomic E-state index is 0.188. The lowest BCUT2D eigenvalue weighted by atomic mass is 10.1. The second-order valence-corrected chi connectivity index (χ2v) is 9.61. The third-order valence-corrected chi connectivity index (χ3v) is 5.40. The summed E-state index contributed by atoms with van der Waals surface area (Å²) in [6, 6.07) is 15.3. The molecule has 2 aromatic carbocycles. The molecule has 1 aliphatic rings. The van der Waals surface area contributed by atoms with E-state index in [4.69, 9.17) is 23.7 Å². The molecule has 0 amide bonds. The summed E-state index contributed by atoms with van der Waals surface area (Å²) in [4.78, 5) is 13.1. The largest absolute Gasteiger partial charge is 0.454 e. The topological polar surface area (TPSA) is 93.1 Å². The van der Waals surface area contributed by atoms with E-state index >= 15 is 0 Å². The quantitative estimate of drug-likeness (QED) is 0.335. The Bertz CT molecular complexity index is 1200. The van der Waals surface area contributed by atoms with Crippen LogP contribution >= 0.6 is 0 Å². The van der Waals surface area contributed by atoms with Gasteiger partial charge in [0, 0.05) is 30.0 Å². The third kappa shape index (κ3) is 7.24. The zero-order valence-electron chi connectivity index (χ0n) is 21.9. The summed E-state index contributed by atoms with van der Waals surface area (Å²) in [7, 11) is 0. The van der Waals surface area contributed by atoms with Crippen molar-refractivity contribution in [1.29, 1.82) is 0 Å². The van der Waals surface area contributed by atoms with Gasteiger partial charge in [-0.3, -0.25) is 0 Å². The van der Waals surface area contributed by atoms with Gasteiger partial charge in [0.15, 0.2) is 11.5 Å². The minimum Gasteiger partial charge on any atom is -0.454 e. The smallest absolute Gasteiger partial charge is 0.435 e. The molecule has 0 fully saturated rings. The highest BCUT2D eigenvalue weighted by atomic mass is 16.7. The van der Waals surface area contributed by atoms with E-state index in [2.05, 4.69) is 17.3 Å². The van der Waals surface area contributed by atoms with Crippen LogP contribution in [0, 0.1) is 0 Å². The number of carbonyl (C=O) groups is 1. The zero-order chi connectivity index (χ0) is 26.3. The first-order valence-electron chi connectivity index (χ1n) is 12.6. The highest BCUT2D eigenvalue weighted by Crippen LogP contribution is 2.37. The predicted octanol–water partition coefficient (Wildman–Crippen LogP) is 5.58. The molecule has 0 aliphatic carbocycles. The number of hydrogen-bond donors (Lipinski definition) is 1. The molecule has 0 atom stereocenters. The first-order chi connectivity index (χ1) is 17.8. The van der Waals surface area contributed by atoms with Crippen molar-refractivity contribution in [3.8, 4) is 34.0 Å². The SMILES string of the molecule is CCCOCCOCCNc1cccc(-c2cc(-c3ccc4c(c3)OCO4)nn2C(=O)OC(C)(C)C)c1. The fourth-order valence-corrected chi connectivity index (χ4v) is 3.75. The van der Waals surface area contributed by atoms with Crippen LogP contribution in [0.25, 0.3) is 22.5 Å². The summed E-state index contributed by atoms with van der Waals surface area (Å²) >= 11 is 0. The number of anilines is 1. The van der Waals surface area contributed by atoms with E-state index in [0.717, 1.165) is 29.8 Å². The maximum absolute atomic E-state index is 13.1. The van der Waals surface area contributed by atoms with Gasteiger partial charge in [-0.05, 0) is 63.6 Å². The number of aromatic nitrogens is 2. The van der Waals surface area contributed by atoms with Gasteiger partial charge in [0.25, 0.3) is 0 Å². The average Bonchev–Trinajstić information content (AvgIpc) is 3.52. The van der Waals surface area contributed by atoms with Crippen LogP contribution < -0.4 is 14.8 Å². The standard InChI is InChI=1S/C28H35N3O6/c1-5-12-33-14-15-34-13-11-29-22-8-6-7-21(16-22)24-18-23(30-31(24)27(32)37-28(2,3)4)20-9-10-25-26(17-20)36-19-35-25/h6-10,16-18,29H,5,11-15,19H2,1-4H3. The van der Waals surface area contributed by atoms with Crippen molar-refractivity contribution in [2.75, 3.05) is 45.1 Å². The van der Waals surface area contributed by atoms with E-state index in [-0.39, 0.29) is 6.79 Å². The molecule has 0 unspecified atom stereocenters. The van der Waals surface area contributed by atoms with Gasteiger partial charge < -0.3 is 29.0 Å². The molecule has 1 aliphatic heterocycles. The first-order valence-corrected chi connectivity index (χ1v) is 12.6. The van der Waals surface area contributed by atoms with Crippen LogP contribution in [0.5, 0.6) is 11.5 Å². The lowest BCUT2D eigenvalue weighted by Gasteiger charge is -2.19. The fourth-order valence-electron chi connectivity index (χ4n) is 3.75. The molecule has 1 aromatic heterocycles. The van der Waals surface area contributed by atoms with Gasteiger partial charge in [-0.1, -0.05) is 19.1 Å². The molecule has 198 valence electrons. The maximum atomic E-state index is 13.1. The Morgan fingerprint density at radius 1 is 0.973 bits per heavy atom. The Labute approximate surface area is 217 Å². The monoisotopic (exact) mass is 509 g/mol. The summed E-state index contributed by atoms with van der Waals surface area (Å²) in [5.41, 5.74) is 3.12. The number of ether oxygens (including phenoxy) is 5. The number of fused-ring (bicyclic) bond motifs is 1. The minimum atomic E-state index is -0.663. The molecule has 0 radical (unpaired) electrons. The van der Waals surface area contributed by atoms with Crippen molar-refractivity contribution in [2.45, 2.75) is 39.7 Å². The summed E-state index contributed by atoms with van der Waals surface area (Å²) in [6.45, 7) is 10.9. The molecular weight excluding hydrogens is 474 g/mol. The highest BCUT2D eigenvalue weighted by molar-refractivity contribution is 5.81. The number of nitrogens with one attached hydrogen (secondary N) is 1. The number of rotatable bonds is 11. The maximum Gasteiger partial charge on any atom is 0.435 e.